The third kappa shape index (κ3) is 5.02. The summed E-state index contributed by atoms with van der Waals surface area (Å²) in [6, 6.07) is 6.20. The third-order valence-electron chi connectivity index (χ3n) is 2.62. The predicted octanol–water partition coefficient (Wildman–Crippen LogP) is 0.00920. The van der Waals surface area contributed by atoms with Gasteiger partial charge in [-0.2, -0.15) is 0 Å². The monoisotopic (exact) mass is 281 g/mol. The molecule has 3 N–H and O–H groups in total. The smallest absolute Gasteiger partial charge is 0.317 e. The number of carboxylic acid groups (broad SMARTS) is 1. The van der Waals surface area contributed by atoms with Gasteiger partial charge < -0.3 is 10.8 Å². The average Bonchev–Trinajstić information content (AvgIpc) is 2.34. The average molecular weight is 281 g/mol. The second kappa shape index (κ2) is 7.19. The molecule has 0 aromatic heterocycles. The Labute approximate surface area is 114 Å². The zero-order valence-corrected chi connectivity index (χ0v) is 10.7. The van der Waals surface area contributed by atoms with Gasteiger partial charge in [0.2, 0.25) is 5.91 Å². The lowest BCUT2D eigenvalue weighted by Gasteiger charge is -2.18. The van der Waals surface area contributed by atoms with Crippen LogP contribution in [0.3, 0.4) is 0 Å². The standard InChI is InChI=1S/C12H15N3O5/c13-11(16)7-14(8-12(17)18)6-5-9-3-1-2-4-10(9)15(19)20/h1-4H,5-8H2,(H2,13,16)(H,17,18). The lowest BCUT2D eigenvalue weighted by Crippen LogP contribution is -2.38. The van der Waals surface area contributed by atoms with Crippen molar-refractivity contribution < 1.29 is 19.6 Å². The highest BCUT2D eigenvalue weighted by atomic mass is 16.6. The second-order valence-corrected chi connectivity index (χ2v) is 4.21. The Morgan fingerprint density at radius 3 is 2.50 bits per heavy atom. The van der Waals surface area contributed by atoms with Gasteiger partial charge in [0.25, 0.3) is 5.69 Å². The molecule has 0 radical (unpaired) electrons. The zero-order valence-electron chi connectivity index (χ0n) is 10.7. The minimum absolute atomic E-state index is 0.0261. The number of carboxylic acids is 1. The number of carbonyl (C=O) groups excluding carboxylic acids is 1. The van der Waals surface area contributed by atoms with E-state index in [-0.39, 0.29) is 31.7 Å². The minimum Gasteiger partial charge on any atom is -0.480 e. The first-order valence-electron chi connectivity index (χ1n) is 5.85. The number of hydrogen-bond acceptors (Lipinski definition) is 5. The molecule has 1 rings (SSSR count). The molecule has 0 aliphatic heterocycles. The van der Waals surface area contributed by atoms with Crippen LogP contribution in [-0.4, -0.2) is 46.4 Å². The molecule has 0 bridgehead atoms. The quantitative estimate of drug-likeness (QED) is 0.510. The van der Waals surface area contributed by atoms with E-state index >= 15 is 0 Å². The van der Waals surface area contributed by atoms with Crippen LogP contribution in [0.5, 0.6) is 0 Å². The van der Waals surface area contributed by atoms with Crippen LogP contribution in [0.15, 0.2) is 24.3 Å². The maximum absolute atomic E-state index is 10.9. The molecule has 1 aromatic rings. The number of aliphatic carboxylic acids is 1. The summed E-state index contributed by atoms with van der Waals surface area (Å²) in [5, 5.41) is 19.6. The number of amides is 1. The number of nitrogens with zero attached hydrogens (tertiary/aromatic N) is 2. The Kier molecular flexibility index (Phi) is 5.60. The van der Waals surface area contributed by atoms with E-state index < -0.39 is 16.8 Å². The van der Waals surface area contributed by atoms with E-state index in [4.69, 9.17) is 10.8 Å². The molecule has 1 aromatic carbocycles. The van der Waals surface area contributed by atoms with Gasteiger partial charge in [-0.25, -0.2) is 0 Å². The number of nitro benzene ring substituents is 1. The Bertz CT molecular complexity index is 502. The van der Waals surface area contributed by atoms with Crippen molar-refractivity contribution in [1.29, 1.82) is 0 Å². The summed E-state index contributed by atoms with van der Waals surface area (Å²) in [5.74, 6) is -1.73. The van der Waals surface area contributed by atoms with Crippen molar-refractivity contribution in [3.8, 4) is 0 Å². The molecule has 0 saturated carbocycles. The van der Waals surface area contributed by atoms with Crippen molar-refractivity contribution in [1.82, 2.24) is 4.90 Å². The fraction of sp³-hybridized carbons (Fsp3) is 0.333. The van der Waals surface area contributed by atoms with Gasteiger partial charge in [0.15, 0.2) is 0 Å². The molecule has 8 heteroatoms. The maximum atomic E-state index is 10.9. The van der Waals surface area contributed by atoms with Gasteiger partial charge in [0, 0.05) is 18.2 Å². The molecule has 0 spiro atoms. The SMILES string of the molecule is NC(=O)CN(CCc1ccccc1[N+](=O)[O-])CC(=O)O. The molecular formula is C12H15N3O5. The summed E-state index contributed by atoms with van der Waals surface area (Å²) in [6.07, 6.45) is 0.262. The third-order valence-corrected chi connectivity index (χ3v) is 2.62. The minimum atomic E-state index is -1.09. The van der Waals surface area contributed by atoms with Crippen molar-refractivity contribution in [3.05, 3.63) is 39.9 Å². The largest absolute Gasteiger partial charge is 0.480 e. The summed E-state index contributed by atoms with van der Waals surface area (Å²) >= 11 is 0. The fourth-order valence-electron chi connectivity index (χ4n) is 1.80. The summed E-state index contributed by atoms with van der Waals surface area (Å²) in [5.41, 5.74) is 5.49. The second-order valence-electron chi connectivity index (χ2n) is 4.21. The zero-order chi connectivity index (χ0) is 15.1. The fourth-order valence-corrected chi connectivity index (χ4v) is 1.80. The number of benzene rings is 1. The van der Waals surface area contributed by atoms with E-state index in [1.54, 1.807) is 18.2 Å². The number of carbonyl (C=O) groups is 2. The molecule has 108 valence electrons. The highest BCUT2D eigenvalue weighted by Crippen LogP contribution is 2.18. The van der Waals surface area contributed by atoms with Gasteiger partial charge in [-0.1, -0.05) is 18.2 Å². The van der Waals surface area contributed by atoms with Crippen LogP contribution in [0.25, 0.3) is 0 Å². The highest BCUT2D eigenvalue weighted by Gasteiger charge is 2.16. The molecule has 0 atom stereocenters. The molecular weight excluding hydrogens is 266 g/mol. The maximum Gasteiger partial charge on any atom is 0.317 e. The van der Waals surface area contributed by atoms with Gasteiger partial charge in [-0.15, -0.1) is 0 Å². The molecule has 0 aliphatic carbocycles. The Balaban J connectivity index is 2.74. The highest BCUT2D eigenvalue weighted by molar-refractivity contribution is 5.77. The van der Waals surface area contributed by atoms with Crippen LogP contribution in [0.2, 0.25) is 0 Å². The topological polar surface area (TPSA) is 127 Å². The van der Waals surface area contributed by atoms with E-state index in [1.807, 2.05) is 0 Å². The van der Waals surface area contributed by atoms with E-state index in [1.165, 1.54) is 11.0 Å². The van der Waals surface area contributed by atoms with Crippen LogP contribution < -0.4 is 5.73 Å². The number of hydrogen-bond donors (Lipinski definition) is 2. The molecule has 0 fully saturated rings. The first-order chi connectivity index (χ1) is 9.40. The first kappa shape index (κ1) is 15.6. The van der Waals surface area contributed by atoms with Crippen LogP contribution in [0.4, 0.5) is 5.69 Å². The Morgan fingerprint density at radius 1 is 1.30 bits per heavy atom. The van der Waals surface area contributed by atoms with Gasteiger partial charge in [-0.05, 0) is 6.42 Å². The molecule has 20 heavy (non-hydrogen) atoms. The summed E-state index contributed by atoms with van der Waals surface area (Å²) in [4.78, 5) is 33.2. The van der Waals surface area contributed by atoms with Crippen LogP contribution in [-0.2, 0) is 16.0 Å². The van der Waals surface area contributed by atoms with Crippen molar-refractivity contribution in [2.75, 3.05) is 19.6 Å². The van der Waals surface area contributed by atoms with Gasteiger partial charge in [-0.3, -0.25) is 24.6 Å². The van der Waals surface area contributed by atoms with E-state index in [2.05, 4.69) is 0 Å². The van der Waals surface area contributed by atoms with Gasteiger partial charge >= 0.3 is 5.97 Å². The van der Waals surface area contributed by atoms with Crippen LogP contribution in [0, 0.1) is 10.1 Å². The number of primary amides is 1. The number of para-hydroxylation sites is 1. The van der Waals surface area contributed by atoms with Crippen molar-refractivity contribution in [2.24, 2.45) is 5.73 Å². The molecule has 0 unspecified atom stereocenters. The summed E-state index contributed by atoms with van der Waals surface area (Å²) in [6.45, 7) is -0.351. The van der Waals surface area contributed by atoms with Crippen molar-refractivity contribution in [2.45, 2.75) is 6.42 Å². The normalized spacial score (nSPS) is 10.4. The number of nitrogens with two attached hydrogens (primary N) is 1. The van der Waals surface area contributed by atoms with Crippen LogP contribution >= 0.6 is 0 Å². The molecule has 0 saturated heterocycles. The summed E-state index contributed by atoms with van der Waals surface area (Å²) < 4.78 is 0. The van der Waals surface area contributed by atoms with Gasteiger partial charge in [0.1, 0.15) is 0 Å². The molecule has 0 heterocycles. The van der Waals surface area contributed by atoms with Gasteiger partial charge in [0.05, 0.1) is 18.0 Å². The van der Waals surface area contributed by atoms with E-state index in [0.717, 1.165) is 0 Å². The Morgan fingerprint density at radius 2 is 1.95 bits per heavy atom. The predicted molar refractivity (Wildman–Crippen MR) is 70.1 cm³/mol. The number of nitro groups is 1. The first-order valence-corrected chi connectivity index (χ1v) is 5.85. The van der Waals surface area contributed by atoms with Crippen LogP contribution in [0.1, 0.15) is 5.56 Å². The summed E-state index contributed by atoms with van der Waals surface area (Å²) in [7, 11) is 0. The van der Waals surface area contributed by atoms with Crippen molar-refractivity contribution in [3.63, 3.8) is 0 Å². The van der Waals surface area contributed by atoms with E-state index in [9.17, 15) is 19.7 Å². The molecule has 0 aliphatic rings. The lowest BCUT2D eigenvalue weighted by molar-refractivity contribution is -0.385. The molecule has 1 amide bonds. The Hall–Kier alpha value is -2.48. The lowest BCUT2D eigenvalue weighted by atomic mass is 10.1. The van der Waals surface area contributed by atoms with E-state index in [0.29, 0.717) is 5.56 Å². The van der Waals surface area contributed by atoms with Crippen molar-refractivity contribution >= 4 is 17.6 Å². The molecule has 8 nitrogen and oxygen atoms in total. The number of rotatable bonds is 8.